The maximum absolute atomic E-state index is 11.7. The monoisotopic (exact) mass is 420 g/mol. The number of H-pyrrole nitrogens is 1. The largest absolute Gasteiger partial charge is 0.480 e. The van der Waals surface area contributed by atoms with E-state index in [1.165, 1.54) is 0 Å². The predicted molar refractivity (Wildman–Crippen MR) is 116 cm³/mol. The van der Waals surface area contributed by atoms with E-state index in [2.05, 4.69) is 42.5 Å². The lowest BCUT2D eigenvalue weighted by Crippen LogP contribution is -2.59. The normalized spacial score (nSPS) is 20.5. The van der Waals surface area contributed by atoms with Crippen LogP contribution in [0.25, 0.3) is 27.9 Å². The molecular weight excluding hydrogens is 396 g/mol. The number of carbonyl (C=O) groups excluding carboxylic acids is 1. The van der Waals surface area contributed by atoms with Crippen molar-refractivity contribution in [2.24, 2.45) is 0 Å². The van der Waals surface area contributed by atoms with Crippen LogP contribution < -0.4 is 15.4 Å². The molecule has 0 saturated heterocycles. The van der Waals surface area contributed by atoms with Gasteiger partial charge in [-0.15, -0.1) is 0 Å². The summed E-state index contributed by atoms with van der Waals surface area (Å²) in [6, 6.07) is 0.187. The van der Waals surface area contributed by atoms with Crippen molar-refractivity contribution in [2.75, 3.05) is 12.4 Å². The van der Waals surface area contributed by atoms with E-state index in [0.29, 0.717) is 29.7 Å². The first-order valence-electron chi connectivity index (χ1n) is 10.3. The molecular formula is C21H24N8O2. The molecule has 4 aromatic heterocycles. The lowest BCUT2D eigenvalue weighted by molar-refractivity contribution is -0.123. The van der Waals surface area contributed by atoms with Crippen LogP contribution in [0, 0.1) is 0 Å². The Morgan fingerprint density at radius 3 is 2.97 bits per heavy atom. The smallest absolute Gasteiger partial charge is 0.233 e. The van der Waals surface area contributed by atoms with Crippen molar-refractivity contribution in [2.45, 2.75) is 44.7 Å². The molecule has 1 aliphatic rings. The van der Waals surface area contributed by atoms with E-state index in [1.54, 1.807) is 19.5 Å². The number of amides is 1. The van der Waals surface area contributed by atoms with Crippen molar-refractivity contribution in [3.05, 3.63) is 31.0 Å². The van der Waals surface area contributed by atoms with Crippen LogP contribution in [0.4, 0.5) is 5.95 Å². The molecule has 4 heterocycles. The Morgan fingerprint density at radius 1 is 1.35 bits per heavy atom. The maximum Gasteiger partial charge on any atom is 0.233 e. The molecule has 31 heavy (non-hydrogen) atoms. The third-order valence-corrected chi connectivity index (χ3v) is 5.74. The first-order valence-corrected chi connectivity index (χ1v) is 10.3. The fraction of sp³-hybridized carbons (Fsp3) is 0.381. The van der Waals surface area contributed by atoms with E-state index in [4.69, 9.17) is 4.74 Å². The predicted octanol–water partition coefficient (Wildman–Crippen LogP) is 2.54. The molecule has 0 spiro atoms. The molecule has 4 aromatic rings. The third kappa shape index (κ3) is 3.43. The Hall–Kier alpha value is -3.69. The van der Waals surface area contributed by atoms with Crippen molar-refractivity contribution >= 4 is 28.7 Å². The summed E-state index contributed by atoms with van der Waals surface area (Å²) < 4.78 is 7.46. The van der Waals surface area contributed by atoms with Gasteiger partial charge in [0.1, 0.15) is 5.65 Å². The molecule has 0 unspecified atom stereocenters. The second kappa shape index (κ2) is 7.22. The Bertz CT molecular complexity index is 1270. The van der Waals surface area contributed by atoms with Gasteiger partial charge in [-0.3, -0.25) is 9.20 Å². The number of rotatable bonds is 6. The standard InChI is InChI=1S/C21H24N8O2/c1-4-15(30)28-21(2)7-13(8-21)25-19-26-17-16(18(27-19)31-3)14(10-23-17)12-9-24-20-22-5-6-29(20)11-12/h5-6,9-11,13H,4,7-8H2,1-3H3,(H,28,30)(H2,23,25,26,27). The van der Waals surface area contributed by atoms with Crippen LogP contribution in [0.3, 0.4) is 0 Å². The molecule has 0 bridgehead atoms. The number of carbonyl (C=O) groups is 1. The molecule has 3 N–H and O–H groups in total. The Morgan fingerprint density at radius 2 is 2.19 bits per heavy atom. The molecule has 0 aliphatic heterocycles. The van der Waals surface area contributed by atoms with Gasteiger partial charge in [0.15, 0.2) is 0 Å². The molecule has 10 heteroatoms. The molecule has 1 amide bonds. The molecule has 0 atom stereocenters. The van der Waals surface area contributed by atoms with E-state index >= 15 is 0 Å². The van der Waals surface area contributed by atoms with Gasteiger partial charge < -0.3 is 20.4 Å². The lowest BCUT2D eigenvalue weighted by Gasteiger charge is -2.45. The highest BCUT2D eigenvalue weighted by Crippen LogP contribution is 2.36. The van der Waals surface area contributed by atoms with Gasteiger partial charge >= 0.3 is 0 Å². The van der Waals surface area contributed by atoms with Gasteiger partial charge in [-0.2, -0.15) is 9.97 Å². The van der Waals surface area contributed by atoms with Crippen LogP contribution >= 0.6 is 0 Å². The van der Waals surface area contributed by atoms with Gasteiger partial charge in [-0.25, -0.2) is 9.97 Å². The van der Waals surface area contributed by atoms with Gasteiger partial charge in [-0.1, -0.05) is 6.92 Å². The average Bonchev–Trinajstić information content (AvgIpc) is 3.38. The van der Waals surface area contributed by atoms with Crippen molar-refractivity contribution < 1.29 is 9.53 Å². The Balaban J connectivity index is 1.41. The highest BCUT2D eigenvalue weighted by molar-refractivity contribution is 5.97. The minimum atomic E-state index is -0.183. The molecule has 1 fully saturated rings. The third-order valence-electron chi connectivity index (χ3n) is 5.74. The number of imidazole rings is 1. The molecule has 0 radical (unpaired) electrons. The first kappa shape index (κ1) is 19.3. The highest BCUT2D eigenvalue weighted by Gasteiger charge is 2.41. The van der Waals surface area contributed by atoms with E-state index in [0.717, 1.165) is 29.4 Å². The molecule has 5 rings (SSSR count). The van der Waals surface area contributed by atoms with Gasteiger partial charge in [0.25, 0.3) is 0 Å². The minimum Gasteiger partial charge on any atom is -0.480 e. The number of methoxy groups -OCH3 is 1. The number of aromatic nitrogens is 6. The topological polar surface area (TPSA) is 122 Å². The first-order chi connectivity index (χ1) is 15.0. The van der Waals surface area contributed by atoms with Gasteiger partial charge in [0.05, 0.1) is 12.5 Å². The van der Waals surface area contributed by atoms with Gasteiger partial charge in [-0.05, 0) is 19.8 Å². The van der Waals surface area contributed by atoms with Crippen LogP contribution in [-0.2, 0) is 4.79 Å². The SMILES string of the molecule is CCC(=O)NC1(C)CC(Nc2nc(OC)c3c(-c4cnc5nccn5c4)c[nH]c3n2)C1. The number of hydrogen-bond donors (Lipinski definition) is 3. The maximum atomic E-state index is 11.7. The summed E-state index contributed by atoms with van der Waals surface area (Å²) in [5.41, 5.74) is 2.30. The zero-order chi connectivity index (χ0) is 21.6. The summed E-state index contributed by atoms with van der Waals surface area (Å²) in [4.78, 5) is 32.7. The van der Waals surface area contributed by atoms with Crippen LogP contribution in [0.15, 0.2) is 31.0 Å². The Labute approximate surface area is 178 Å². The number of aromatic amines is 1. The fourth-order valence-corrected chi connectivity index (χ4v) is 4.24. The summed E-state index contributed by atoms with van der Waals surface area (Å²) in [6.07, 6.45) is 11.3. The fourth-order valence-electron chi connectivity index (χ4n) is 4.24. The average molecular weight is 420 g/mol. The zero-order valence-electron chi connectivity index (χ0n) is 17.6. The number of nitrogens with one attached hydrogen (secondary N) is 3. The summed E-state index contributed by atoms with van der Waals surface area (Å²) >= 11 is 0. The molecule has 0 aromatic carbocycles. The number of fused-ring (bicyclic) bond motifs is 2. The van der Waals surface area contributed by atoms with Crippen molar-refractivity contribution in [3.63, 3.8) is 0 Å². The van der Waals surface area contributed by atoms with E-state index in [9.17, 15) is 4.79 Å². The summed E-state index contributed by atoms with van der Waals surface area (Å²) in [5, 5.41) is 7.24. The minimum absolute atomic E-state index is 0.0718. The Kier molecular flexibility index (Phi) is 4.49. The molecule has 1 aliphatic carbocycles. The zero-order valence-corrected chi connectivity index (χ0v) is 17.6. The quantitative estimate of drug-likeness (QED) is 0.438. The van der Waals surface area contributed by atoms with Crippen LogP contribution in [0.5, 0.6) is 5.88 Å². The van der Waals surface area contributed by atoms with Crippen LogP contribution in [0.1, 0.15) is 33.1 Å². The molecule has 160 valence electrons. The van der Waals surface area contributed by atoms with Crippen molar-refractivity contribution in [1.29, 1.82) is 0 Å². The number of ether oxygens (including phenoxy) is 1. The number of nitrogens with zero attached hydrogens (tertiary/aromatic N) is 5. The van der Waals surface area contributed by atoms with E-state index < -0.39 is 0 Å². The second-order valence-electron chi connectivity index (χ2n) is 8.17. The molecule has 10 nitrogen and oxygen atoms in total. The van der Waals surface area contributed by atoms with E-state index in [1.807, 2.05) is 29.9 Å². The number of anilines is 1. The van der Waals surface area contributed by atoms with Crippen molar-refractivity contribution in [1.82, 2.24) is 34.6 Å². The van der Waals surface area contributed by atoms with Crippen LogP contribution in [-0.4, -0.2) is 53.9 Å². The lowest BCUT2D eigenvalue weighted by atomic mass is 9.74. The summed E-state index contributed by atoms with van der Waals surface area (Å²) in [7, 11) is 1.60. The second-order valence-corrected chi connectivity index (χ2v) is 8.17. The summed E-state index contributed by atoms with van der Waals surface area (Å²) in [5.74, 6) is 1.69. The molecule has 1 saturated carbocycles. The van der Waals surface area contributed by atoms with Crippen molar-refractivity contribution in [3.8, 4) is 17.0 Å². The van der Waals surface area contributed by atoms with Gasteiger partial charge in [0.2, 0.25) is 23.5 Å². The van der Waals surface area contributed by atoms with E-state index in [-0.39, 0.29) is 17.5 Å². The highest BCUT2D eigenvalue weighted by atomic mass is 16.5. The summed E-state index contributed by atoms with van der Waals surface area (Å²) in [6.45, 7) is 3.92. The van der Waals surface area contributed by atoms with Gasteiger partial charge in [0, 0.05) is 60.1 Å². The number of hydrogen-bond acceptors (Lipinski definition) is 7. The van der Waals surface area contributed by atoms with Crippen LogP contribution in [0.2, 0.25) is 0 Å².